The standard InChI is InChI=1S/C22H24N6O3S/c1-15(18-6-4-5-7-20(18)31-2)10-23-21-9-19(25-13-26-21)16-8-17-12-27-28(14-32(3,29)30)22(17)24-11-16/h4-9,11-13,15H,10,14H2,1-3H3,(H,23,25,26)/t15-/m1/s1. The summed E-state index contributed by atoms with van der Waals surface area (Å²) in [5.41, 5.74) is 3.13. The summed E-state index contributed by atoms with van der Waals surface area (Å²) in [6.07, 6.45) is 5.93. The van der Waals surface area contributed by atoms with E-state index < -0.39 is 9.84 Å². The molecule has 4 aromatic rings. The molecule has 0 unspecified atom stereocenters. The lowest BCUT2D eigenvalue weighted by molar-refractivity contribution is 0.407. The number of nitrogens with zero attached hydrogens (tertiary/aromatic N) is 5. The Morgan fingerprint density at radius 2 is 1.94 bits per heavy atom. The van der Waals surface area contributed by atoms with E-state index in [0.29, 0.717) is 23.7 Å². The van der Waals surface area contributed by atoms with Gasteiger partial charge in [0.1, 0.15) is 23.8 Å². The van der Waals surface area contributed by atoms with Crippen molar-refractivity contribution in [2.45, 2.75) is 18.7 Å². The highest BCUT2D eigenvalue weighted by Crippen LogP contribution is 2.27. The molecular formula is C22H24N6O3S. The molecule has 1 aromatic carbocycles. The lowest BCUT2D eigenvalue weighted by atomic mass is 10.00. The van der Waals surface area contributed by atoms with Crippen LogP contribution in [-0.4, -0.2) is 53.1 Å². The van der Waals surface area contributed by atoms with Crippen molar-refractivity contribution in [1.82, 2.24) is 24.7 Å². The zero-order valence-corrected chi connectivity index (χ0v) is 18.9. The molecule has 10 heteroatoms. The second-order valence-electron chi connectivity index (χ2n) is 7.65. The van der Waals surface area contributed by atoms with Gasteiger partial charge in [0.15, 0.2) is 15.5 Å². The molecule has 0 spiro atoms. The monoisotopic (exact) mass is 452 g/mol. The van der Waals surface area contributed by atoms with Crippen molar-refractivity contribution in [2.24, 2.45) is 0 Å². The molecular weight excluding hydrogens is 428 g/mol. The summed E-state index contributed by atoms with van der Waals surface area (Å²) >= 11 is 0. The molecule has 0 bridgehead atoms. The number of para-hydroxylation sites is 1. The number of sulfone groups is 1. The van der Waals surface area contributed by atoms with Gasteiger partial charge in [-0.05, 0) is 17.7 Å². The van der Waals surface area contributed by atoms with Gasteiger partial charge in [-0.2, -0.15) is 5.10 Å². The predicted octanol–water partition coefficient (Wildman–Crippen LogP) is 3.11. The molecule has 0 saturated carbocycles. The molecule has 0 radical (unpaired) electrons. The zero-order valence-electron chi connectivity index (χ0n) is 18.1. The van der Waals surface area contributed by atoms with E-state index in [4.69, 9.17) is 4.74 Å². The topological polar surface area (TPSA) is 112 Å². The van der Waals surface area contributed by atoms with Crippen LogP contribution in [0, 0.1) is 0 Å². The lowest BCUT2D eigenvalue weighted by Crippen LogP contribution is -2.12. The average Bonchev–Trinajstić information content (AvgIpc) is 3.18. The maximum Gasteiger partial charge on any atom is 0.167 e. The van der Waals surface area contributed by atoms with Crippen molar-refractivity contribution in [3.8, 4) is 17.0 Å². The fraction of sp³-hybridized carbons (Fsp3) is 0.273. The molecule has 1 N–H and O–H groups in total. The number of rotatable bonds is 8. The highest BCUT2D eigenvalue weighted by Gasteiger charge is 2.13. The number of hydrogen-bond acceptors (Lipinski definition) is 8. The first-order valence-corrected chi connectivity index (χ1v) is 12.1. The first-order valence-electron chi connectivity index (χ1n) is 10.0. The Bertz CT molecular complexity index is 1350. The fourth-order valence-corrected chi connectivity index (χ4v) is 4.11. The van der Waals surface area contributed by atoms with E-state index in [-0.39, 0.29) is 11.8 Å². The van der Waals surface area contributed by atoms with E-state index in [9.17, 15) is 8.42 Å². The van der Waals surface area contributed by atoms with Crippen LogP contribution < -0.4 is 10.1 Å². The van der Waals surface area contributed by atoms with Crippen LogP contribution in [0.2, 0.25) is 0 Å². The average molecular weight is 453 g/mol. The minimum atomic E-state index is -3.22. The lowest BCUT2D eigenvalue weighted by Gasteiger charge is -2.16. The normalized spacial score (nSPS) is 12.6. The van der Waals surface area contributed by atoms with Gasteiger partial charge >= 0.3 is 0 Å². The number of fused-ring (bicyclic) bond motifs is 1. The third kappa shape index (κ3) is 4.86. The van der Waals surface area contributed by atoms with Crippen LogP contribution in [0.1, 0.15) is 18.4 Å². The van der Waals surface area contributed by atoms with Crippen LogP contribution in [0.25, 0.3) is 22.3 Å². The van der Waals surface area contributed by atoms with Gasteiger partial charge in [0.2, 0.25) is 0 Å². The van der Waals surface area contributed by atoms with Crippen LogP contribution in [-0.2, 0) is 15.7 Å². The molecule has 0 aliphatic carbocycles. The number of ether oxygens (including phenoxy) is 1. The summed E-state index contributed by atoms with van der Waals surface area (Å²) in [4.78, 5) is 13.1. The maximum atomic E-state index is 11.6. The smallest absolute Gasteiger partial charge is 0.167 e. The summed E-state index contributed by atoms with van der Waals surface area (Å²) in [6, 6.07) is 11.7. The number of anilines is 1. The Morgan fingerprint density at radius 3 is 2.72 bits per heavy atom. The number of pyridine rings is 1. The van der Waals surface area contributed by atoms with Crippen molar-refractivity contribution in [3.05, 3.63) is 60.7 Å². The Balaban J connectivity index is 1.52. The number of nitrogens with one attached hydrogen (secondary N) is 1. The Morgan fingerprint density at radius 1 is 1.12 bits per heavy atom. The molecule has 0 saturated heterocycles. The number of benzene rings is 1. The number of hydrogen-bond donors (Lipinski definition) is 1. The maximum absolute atomic E-state index is 11.6. The zero-order chi connectivity index (χ0) is 22.7. The summed E-state index contributed by atoms with van der Waals surface area (Å²) in [7, 11) is -1.55. The summed E-state index contributed by atoms with van der Waals surface area (Å²) in [5, 5.41) is 8.25. The molecule has 0 aliphatic heterocycles. The molecule has 166 valence electrons. The first-order chi connectivity index (χ1) is 15.3. The van der Waals surface area contributed by atoms with Gasteiger partial charge < -0.3 is 10.1 Å². The summed E-state index contributed by atoms with van der Waals surface area (Å²) in [6.45, 7) is 2.80. The van der Waals surface area contributed by atoms with Gasteiger partial charge in [-0.3, -0.25) is 0 Å². The Kier molecular flexibility index (Phi) is 6.04. The SMILES string of the molecule is COc1ccccc1[C@H](C)CNc1cc(-c2cnc3c(cnn3CS(C)(=O)=O)c2)ncn1. The van der Waals surface area contributed by atoms with Crippen LogP contribution in [0.15, 0.2) is 55.1 Å². The molecule has 3 heterocycles. The van der Waals surface area contributed by atoms with Crippen molar-refractivity contribution in [3.63, 3.8) is 0 Å². The van der Waals surface area contributed by atoms with Gasteiger partial charge in [-0.25, -0.2) is 28.1 Å². The molecule has 0 amide bonds. The van der Waals surface area contributed by atoms with E-state index in [1.54, 1.807) is 19.5 Å². The second-order valence-corrected chi connectivity index (χ2v) is 9.76. The predicted molar refractivity (Wildman–Crippen MR) is 123 cm³/mol. The van der Waals surface area contributed by atoms with Gasteiger partial charge in [-0.1, -0.05) is 25.1 Å². The van der Waals surface area contributed by atoms with Crippen LogP contribution >= 0.6 is 0 Å². The molecule has 0 aliphatic rings. The van der Waals surface area contributed by atoms with E-state index in [1.165, 1.54) is 17.3 Å². The minimum absolute atomic E-state index is 0.211. The third-order valence-corrected chi connectivity index (χ3v) is 5.77. The first kappa shape index (κ1) is 21.7. The van der Waals surface area contributed by atoms with Crippen LogP contribution in [0.5, 0.6) is 5.75 Å². The number of aromatic nitrogens is 5. The Hall–Kier alpha value is -3.53. The second kappa shape index (κ2) is 8.91. The van der Waals surface area contributed by atoms with E-state index in [1.807, 2.05) is 30.3 Å². The molecule has 0 fully saturated rings. The summed E-state index contributed by atoms with van der Waals surface area (Å²) < 4.78 is 30.0. The highest BCUT2D eigenvalue weighted by atomic mass is 32.2. The fourth-order valence-electron chi connectivity index (χ4n) is 3.48. The molecule has 9 nitrogen and oxygen atoms in total. The minimum Gasteiger partial charge on any atom is -0.496 e. The molecule has 32 heavy (non-hydrogen) atoms. The van der Waals surface area contributed by atoms with Crippen molar-refractivity contribution in [1.29, 1.82) is 0 Å². The van der Waals surface area contributed by atoms with Crippen molar-refractivity contribution in [2.75, 3.05) is 25.2 Å². The molecule has 3 aromatic heterocycles. The van der Waals surface area contributed by atoms with Crippen molar-refractivity contribution >= 4 is 26.7 Å². The highest BCUT2D eigenvalue weighted by molar-refractivity contribution is 7.89. The van der Waals surface area contributed by atoms with Crippen LogP contribution in [0.4, 0.5) is 5.82 Å². The largest absolute Gasteiger partial charge is 0.496 e. The third-order valence-electron chi connectivity index (χ3n) is 5.05. The van der Waals surface area contributed by atoms with Crippen LogP contribution in [0.3, 0.4) is 0 Å². The van der Waals surface area contributed by atoms with E-state index in [2.05, 4.69) is 38.4 Å². The van der Waals surface area contributed by atoms with Gasteiger partial charge in [0.05, 0.1) is 19.0 Å². The molecule has 4 rings (SSSR count). The quantitative estimate of drug-likeness (QED) is 0.434. The van der Waals surface area contributed by atoms with Gasteiger partial charge in [0.25, 0.3) is 0 Å². The van der Waals surface area contributed by atoms with E-state index >= 15 is 0 Å². The van der Waals surface area contributed by atoms with Crippen molar-refractivity contribution < 1.29 is 13.2 Å². The van der Waals surface area contributed by atoms with Gasteiger partial charge in [-0.15, -0.1) is 0 Å². The van der Waals surface area contributed by atoms with Gasteiger partial charge in [0, 0.05) is 41.9 Å². The molecule has 1 atom stereocenters. The number of methoxy groups -OCH3 is 1. The van der Waals surface area contributed by atoms with E-state index in [0.717, 1.165) is 22.3 Å². The summed E-state index contributed by atoms with van der Waals surface area (Å²) in [5.74, 6) is 1.56. The Labute approximate surface area is 186 Å².